The Balaban J connectivity index is 2.25. The van der Waals surface area contributed by atoms with Gasteiger partial charge in [0.25, 0.3) is 5.91 Å². The highest BCUT2D eigenvalue weighted by atomic mass is 16.1. The fourth-order valence-electron chi connectivity index (χ4n) is 1.93. The second kappa shape index (κ2) is 4.92. The zero-order valence-electron chi connectivity index (χ0n) is 10.5. The van der Waals surface area contributed by atoms with E-state index >= 15 is 0 Å². The Bertz CT molecular complexity index is 553. The molecule has 0 heterocycles. The van der Waals surface area contributed by atoms with Gasteiger partial charge < -0.3 is 11.1 Å². The first-order valence-electron chi connectivity index (χ1n) is 5.81. The first-order valence-corrected chi connectivity index (χ1v) is 5.81. The van der Waals surface area contributed by atoms with Gasteiger partial charge in [-0.25, -0.2) is 0 Å². The molecule has 0 unspecified atom stereocenters. The molecular weight excluding hydrogens is 224 g/mol. The third kappa shape index (κ3) is 2.51. The molecule has 2 aromatic carbocycles. The molecule has 0 fully saturated rings. The largest absolute Gasteiger partial charge is 0.399 e. The van der Waals surface area contributed by atoms with Crippen LogP contribution in [0.15, 0.2) is 42.5 Å². The van der Waals surface area contributed by atoms with Crippen molar-refractivity contribution in [3.05, 3.63) is 59.2 Å². The quantitative estimate of drug-likeness (QED) is 0.792. The number of carbonyl (C=O) groups is 1. The topological polar surface area (TPSA) is 55.1 Å². The first-order chi connectivity index (χ1) is 8.58. The van der Waals surface area contributed by atoms with E-state index < -0.39 is 0 Å². The summed E-state index contributed by atoms with van der Waals surface area (Å²) < 4.78 is 0. The summed E-state index contributed by atoms with van der Waals surface area (Å²) in [5.74, 6) is -0.0876. The highest BCUT2D eigenvalue weighted by molar-refractivity contribution is 6.06. The zero-order chi connectivity index (χ0) is 13.1. The number of nitrogen functional groups attached to an aromatic ring is 1. The molecule has 3 nitrogen and oxygen atoms in total. The van der Waals surface area contributed by atoms with Gasteiger partial charge in [0.2, 0.25) is 0 Å². The number of nitrogens with one attached hydrogen (secondary N) is 1. The molecule has 0 aromatic heterocycles. The molecule has 0 saturated carbocycles. The number of hydrogen-bond acceptors (Lipinski definition) is 2. The van der Waals surface area contributed by atoms with Crippen LogP contribution in [0.25, 0.3) is 0 Å². The van der Waals surface area contributed by atoms with Crippen LogP contribution in [0.5, 0.6) is 0 Å². The van der Waals surface area contributed by atoms with Crippen LogP contribution < -0.4 is 11.1 Å². The van der Waals surface area contributed by atoms with Crippen molar-refractivity contribution >= 4 is 17.3 Å². The van der Waals surface area contributed by atoms with Crippen LogP contribution >= 0.6 is 0 Å². The minimum atomic E-state index is -0.0876. The number of amides is 1. The van der Waals surface area contributed by atoms with Gasteiger partial charge in [0.1, 0.15) is 0 Å². The van der Waals surface area contributed by atoms with Crippen LogP contribution in [0.4, 0.5) is 11.4 Å². The van der Waals surface area contributed by atoms with Crippen LogP contribution in [0, 0.1) is 13.8 Å². The van der Waals surface area contributed by atoms with Crippen LogP contribution in [-0.2, 0) is 0 Å². The SMILES string of the molecule is Cc1cccc(C)c1C(=O)Nc1ccc(N)cc1. The number of carbonyl (C=O) groups excluding carboxylic acids is 1. The highest BCUT2D eigenvalue weighted by Gasteiger charge is 2.11. The van der Waals surface area contributed by atoms with Crippen LogP contribution in [-0.4, -0.2) is 5.91 Å². The van der Waals surface area contributed by atoms with Crippen molar-refractivity contribution in [2.75, 3.05) is 11.1 Å². The molecule has 3 N–H and O–H groups in total. The molecule has 0 aliphatic heterocycles. The van der Waals surface area contributed by atoms with Crippen molar-refractivity contribution in [2.45, 2.75) is 13.8 Å². The number of aryl methyl sites for hydroxylation is 2. The maximum atomic E-state index is 12.2. The van der Waals surface area contributed by atoms with Gasteiger partial charge in [-0.15, -0.1) is 0 Å². The summed E-state index contributed by atoms with van der Waals surface area (Å²) in [6.07, 6.45) is 0. The van der Waals surface area contributed by atoms with Crippen molar-refractivity contribution in [3.63, 3.8) is 0 Å². The minimum Gasteiger partial charge on any atom is -0.399 e. The van der Waals surface area contributed by atoms with Crippen molar-refractivity contribution < 1.29 is 4.79 Å². The molecule has 92 valence electrons. The van der Waals surface area contributed by atoms with Crippen LogP contribution in [0.2, 0.25) is 0 Å². The molecule has 0 aliphatic rings. The average Bonchev–Trinajstić information content (AvgIpc) is 2.32. The van der Waals surface area contributed by atoms with E-state index in [0.29, 0.717) is 5.69 Å². The van der Waals surface area contributed by atoms with E-state index in [0.717, 1.165) is 22.4 Å². The Hall–Kier alpha value is -2.29. The van der Waals surface area contributed by atoms with E-state index in [1.807, 2.05) is 32.0 Å². The predicted octanol–water partition coefficient (Wildman–Crippen LogP) is 3.14. The van der Waals surface area contributed by atoms with Gasteiger partial charge in [-0.05, 0) is 49.2 Å². The Kier molecular flexibility index (Phi) is 3.33. The van der Waals surface area contributed by atoms with Gasteiger partial charge in [0, 0.05) is 16.9 Å². The fraction of sp³-hybridized carbons (Fsp3) is 0.133. The molecule has 18 heavy (non-hydrogen) atoms. The van der Waals surface area contributed by atoms with E-state index in [1.165, 1.54) is 0 Å². The maximum absolute atomic E-state index is 12.2. The smallest absolute Gasteiger partial charge is 0.256 e. The molecule has 0 aliphatic carbocycles. The van der Waals surface area contributed by atoms with E-state index in [1.54, 1.807) is 24.3 Å². The molecule has 0 spiro atoms. The van der Waals surface area contributed by atoms with E-state index in [4.69, 9.17) is 5.73 Å². The molecular formula is C15H16N2O. The Morgan fingerprint density at radius 1 is 1.00 bits per heavy atom. The van der Waals surface area contributed by atoms with Gasteiger partial charge >= 0.3 is 0 Å². The summed E-state index contributed by atoms with van der Waals surface area (Å²) in [6, 6.07) is 12.9. The lowest BCUT2D eigenvalue weighted by atomic mass is 10.0. The lowest BCUT2D eigenvalue weighted by Crippen LogP contribution is -2.14. The van der Waals surface area contributed by atoms with Gasteiger partial charge in [-0.3, -0.25) is 4.79 Å². The molecule has 0 radical (unpaired) electrons. The maximum Gasteiger partial charge on any atom is 0.256 e. The molecule has 2 aromatic rings. The highest BCUT2D eigenvalue weighted by Crippen LogP contribution is 2.17. The fourth-order valence-corrected chi connectivity index (χ4v) is 1.93. The minimum absolute atomic E-state index is 0.0876. The van der Waals surface area contributed by atoms with Gasteiger partial charge in [-0.2, -0.15) is 0 Å². The van der Waals surface area contributed by atoms with Crippen molar-refractivity contribution in [2.24, 2.45) is 0 Å². The third-order valence-electron chi connectivity index (χ3n) is 2.88. The summed E-state index contributed by atoms with van der Waals surface area (Å²) in [4.78, 5) is 12.2. The molecule has 0 bridgehead atoms. The Morgan fingerprint density at radius 3 is 2.11 bits per heavy atom. The van der Waals surface area contributed by atoms with Crippen molar-refractivity contribution in [1.29, 1.82) is 0 Å². The number of hydrogen-bond donors (Lipinski definition) is 2. The Morgan fingerprint density at radius 2 is 1.56 bits per heavy atom. The zero-order valence-corrected chi connectivity index (χ0v) is 10.5. The number of nitrogens with two attached hydrogens (primary N) is 1. The summed E-state index contributed by atoms with van der Waals surface area (Å²) in [5.41, 5.74) is 9.71. The van der Waals surface area contributed by atoms with Gasteiger partial charge in [-0.1, -0.05) is 18.2 Å². The standard InChI is InChI=1S/C15H16N2O/c1-10-4-3-5-11(2)14(10)15(18)17-13-8-6-12(16)7-9-13/h3-9H,16H2,1-2H3,(H,17,18). The van der Waals surface area contributed by atoms with Gasteiger partial charge in [0.05, 0.1) is 0 Å². The second-order valence-electron chi connectivity index (χ2n) is 4.34. The second-order valence-corrected chi connectivity index (χ2v) is 4.34. The summed E-state index contributed by atoms with van der Waals surface area (Å²) in [5, 5.41) is 2.87. The summed E-state index contributed by atoms with van der Waals surface area (Å²) in [7, 11) is 0. The third-order valence-corrected chi connectivity index (χ3v) is 2.88. The Labute approximate surface area is 107 Å². The lowest BCUT2D eigenvalue weighted by molar-refractivity contribution is 0.102. The number of anilines is 2. The summed E-state index contributed by atoms with van der Waals surface area (Å²) >= 11 is 0. The van der Waals surface area contributed by atoms with Crippen molar-refractivity contribution in [1.82, 2.24) is 0 Å². The summed E-state index contributed by atoms with van der Waals surface area (Å²) in [6.45, 7) is 3.87. The van der Waals surface area contributed by atoms with E-state index in [9.17, 15) is 4.79 Å². The molecule has 1 amide bonds. The number of rotatable bonds is 2. The predicted molar refractivity (Wildman–Crippen MR) is 74.7 cm³/mol. The van der Waals surface area contributed by atoms with Gasteiger partial charge in [0.15, 0.2) is 0 Å². The van der Waals surface area contributed by atoms with Crippen molar-refractivity contribution in [3.8, 4) is 0 Å². The normalized spacial score (nSPS) is 10.1. The van der Waals surface area contributed by atoms with Crippen LogP contribution in [0.3, 0.4) is 0 Å². The van der Waals surface area contributed by atoms with E-state index in [2.05, 4.69) is 5.32 Å². The monoisotopic (exact) mass is 240 g/mol. The molecule has 3 heteroatoms. The van der Waals surface area contributed by atoms with Crippen LogP contribution in [0.1, 0.15) is 21.5 Å². The average molecular weight is 240 g/mol. The molecule has 0 saturated heterocycles. The molecule has 0 atom stereocenters. The van der Waals surface area contributed by atoms with E-state index in [-0.39, 0.29) is 5.91 Å². The lowest BCUT2D eigenvalue weighted by Gasteiger charge is -2.10. The number of benzene rings is 2. The first kappa shape index (κ1) is 12.2. The molecule has 2 rings (SSSR count).